The summed E-state index contributed by atoms with van der Waals surface area (Å²) in [7, 11) is 0. The van der Waals surface area contributed by atoms with Crippen LogP contribution >= 0.6 is 0 Å². The minimum Gasteiger partial charge on any atom is -0.462 e. The van der Waals surface area contributed by atoms with Crippen molar-refractivity contribution in [3.05, 3.63) is 12.2 Å². The van der Waals surface area contributed by atoms with Crippen LogP contribution in [0.3, 0.4) is 0 Å². The van der Waals surface area contributed by atoms with Gasteiger partial charge in [-0.05, 0) is 42.6 Å². The fourth-order valence-electron chi connectivity index (χ4n) is 5.59. The van der Waals surface area contributed by atoms with E-state index in [0.717, 1.165) is 6.42 Å². The van der Waals surface area contributed by atoms with Gasteiger partial charge in [-0.1, -0.05) is 48.1 Å². The van der Waals surface area contributed by atoms with Crippen molar-refractivity contribution < 1.29 is 28.6 Å². The maximum Gasteiger partial charge on any atom is 0.320 e. The molecule has 3 fully saturated rings. The number of carbonyl (C=O) groups is 3. The average molecular weight is 421 g/mol. The Morgan fingerprint density at radius 1 is 1.20 bits per heavy atom. The molecule has 1 heterocycles. The van der Waals surface area contributed by atoms with Gasteiger partial charge in [0.05, 0.1) is 11.8 Å². The van der Waals surface area contributed by atoms with E-state index in [1.807, 2.05) is 13.8 Å². The van der Waals surface area contributed by atoms with Crippen molar-refractivity contribution in [2.45, 2.75) is 79.4 Å². The molecule has 1 saturated heterocycles. The first kappa shape index (κ1) is 22.8. The van der Waals surface area contributed by atoms with Crippen molar-refractivity contribution in [1.82, 2.24) is 0 Å². The lowest BCUT2D eigenvalue weighted by Crippen LogP contribution is -2.51. The van der Waals surface area contributed by atoms with Crippen LogP contribution < -0.4 is 0 Å². The minimum absolute atomic E-state index is 0.142. The number of carbonyl (C=O) groups excluding carboxylic acids is 3. The van der Waals surface area contributed by atoms with Crippen LogP contribution in [-0.4, -0.2) is 36.7 Å². The SMILES string of the molecule is C=C1COC(=O)[C@]12C[C@@]1(C)[C@H]([C@@H](OC(=O)C(C)CC)CC[C@@H]1C)[C@H]2OC(=O)C(C)C. The van der Waals surface area contributed by atoms with E-state index in [0.29, 0.717) is 24.8 Å². The minimum atomic E-state index is -1.07. The predicted octanol–water partition coefficient (Wildman–Crippen LogP) is 4.07. The zero-order chi connectivity index (χ0) is 22.4. The van der Waals surface area contributed by atoms with Gasteiger partial charge < -0.3 is 14.2 Å². The molecule has 0 aromatic heterocycles. The van der Waals surface area contributed by atoms with Gasteiger partial charge in [-0.25, -0.2) is 0 Å². The molecule has 3 aliphatic rings. The molecule has 0 bridgehead atoms. The Hall–Kier alpha value is -1.85. The quantitative estimate of drug-likeness (QED) is 0.379. The van der Waals surface area contributed by atoms with Crippen molar-refractivity contribution in [2.75, 3.05) is 6.61 Å². The monoisotopic (exact) mass is 420 g/mol. The number of fused-ring (bicyclic) bond motifs is 1. The highest BCUT2D eigenvalue weighted by Crippen LogP contribution is 2.66. The number of rotatable bonds is 5. The van der Waals surface area contributed by atoms with Gasteiger partial charge in [-0.3, -0.25) is 14.4 Å². The van der Waals surface area contributed by atoms with E-state index >= 15 is 0 Å². The Labute approximate surface area is 179 Å². The normalized spacial score (nSPS) is 39.0. The Kier molecular flexibility index (Phi) is 6.09. The molecular weight excluding hydrogens is 384 g/mol. The summed E-state index contributed by atoms with van der Waals surface area (Å²) in [6, 6.07) is 0. The summed E-state index contributed by atoms with van der Waals surface area (Å²) in [5.41, 5.74) is -0.750. The van der Waals surface area contributed by atoms with Crippen molar-refractivity contribution in [2.24, 2.45) is 34.5 Å². The topological polar surface area (TPSA) is 78.9 Å². The number of esters is 3. The first-order valence-corrected chi connectivity index (χ1v) is 11.3. The summed E-state index contributed by atoms with van der Waals surface area (Å²) in [5, 5.41) is 0. The van der Waals surface area contributed by atoms with Crippen molar-refractivity contribution in [1.29, 1.82) is 0 Å². The van der Waals surface area contributed by atoms with Crippen molar-refractivity contribution in [3.63, 3.8) is 0 Å². The lowest BCUT2D eigenvalue weighted by molar-refractivity contribution is -0.180. The first-order chi connectivity index (χ1) is 14.0. The zero-order valence-electron chi connectivity index (χ0n) is 19.2. The molecule has 30 heavy (non-hydrogen) atoms. The summed E-state index contributed by atoms with van der Waals surface area (Å²) < 4.78 is 17.4. The molecule has 0 aromatic rings. The average Bonchev–Trinajstić information content (AvgIpc) is 3.13. The second kappa shape index (κ2) is 8.01. The molecular formula is C24H36O6. The smallest absolute Gasteiger partial charge is 0.320 e. The van der Waals surface area contributed by atoms with E-state index in [-0.39, 0.29) is 53.6 Å². The molecule has 0 aromatic carbocycles. The molecule has 0 radical (unpaired) electrons. The van der Waals surface area contributed by atoms with Crippen LogP contribution in [-0.2, 0) is 28.6 Å². The van der Waals surface area contributed by atoms with Crippen LogP contribution in [0.25, 0.3) is 0 Å². The molecule has 6 heteroatoms. The van der Waals surface area contributed by atoms with Crippen molar-refractivity contribution in [3.8, 4) is 0 Å². The lowest BCUT2D eigenvalue weighted by Gasteiger charge is -2.47. The Morgan fingerprint density at radius 2 is 1.87 bits per heavy atom. The highest BCUT2D eigenvalue weighted by Gasteiger charge is 2.72. The first-order valence-electron chi connectivity index (χ1n) is 11.3. The fraction of sp³-hybridized carbons (Fsp3) is 0.792. The predicted molar refractivity (Wildman–Crippen MR) is 111 cm³/mol. The summed E-state index contributed by atoms with van der Waals surface area (Å²) >= 11 is 0. The fourth-order valence-corrected chi connectivity index (χ4v) is 5.59. The summed E-state index contributed by atoms with van der Waals surface area (Å²) in [4.78, 5) is 38.4. The molecule has 3 rings (SSSR count). The van der Waals surface area contributed by atoms with Gasteiger partial charge in [-0.2, -0.15) is 0 Å². The largest absolute Gasteiger partial charge is 0.462 e. The van der Waals surface area contributed by atoms with Gasteiger partial charge in [0, 0.05) is 5.92 Å². The number of hydrogen-bond acceptors (Lipinski definition) is 6. The molecule has 0 N–H and O–H groups in total. The van der Waals surface area contributed by atoms with E-state index in [4.69, 9.17) is 14.2 Å². The number of hydrogen-bond donors (Lipinski definition) is 0. The molecule has 1 aliphatic heterocycles. The van der Waals surface area contributed by atoms with Crippen LogP contribution in [0.2, 0.25) is 0 Å². The Balaban J connectivity index is 2.06. The van der Waals surface area contributed by atoms with E-state index < -0.39 is 17.6 Å². The van der Waals surface area contributed by atoms with Gasteiger partial charge in [0.15, 0.2) is 0 Å². The second-order valence-electron chi connectivity index (χ2n) is 10.1. The van der Waals surface area contributed by atoms with Crippen LogP contribution in [0.1, 0.15) is 67.2 Å². The third-order valence-corrected chi connectivity index (χ3v) is 8.01. The van der Waals surface area contributed by atoms with Gasteiger partial charge in [0.1, 0.15) is 24.2 Å². The van der Waals surface area contributed by atoms with E-state index in [1.54, 1.807) is 13.8 Å². The van der Waals surface area contributed by atoms with Crippen LogP contribution in [0.5, 0.6) is 0 Å². The molecule has 2 saturated carbocycles. The molecule has 2 aliphatic carbocycles. The molecule has 7 atom stereocenters. The second-order valence-corrected chi connectivity index (χ2v) is 10.1. The summed E-state index contributed by atoms with van der Waals surface area (Å²) in [6.45, 7) is 15.9. The molecule has 6 nitrogen and oxygen atoms in total. The number of ether oxygens (including phenoxy) is 3. The van der Waals surface area contributed by atoms with Crippen LogP contribution in [0.4, 0.5) is 0 Å². The van der Waals surface area contributed by atoms with Gasteiger partial charge in [-0.15, -0.1) is 0 Å². The summed E-state index contributed by atoms with van der Waals surface area (Å²) in [5.74, 6) is -1.50. The van der Waals surface area contributed by atoms with E-state index in [9.17, 15) is 14.4 Å². The molecule has 1 unspecified atom stereocenters. The van der Waals surface area contributed by atoms with Gasteiger partial charge >= 0.3 is 17.9 Å². The third kappa shape index (κ3) is 3.36. The maximum absolute atomic E-state index is 13.1. The standard InChI is InChI=1S/C24H36O6/c1-8-14(4)21(26)29-17-10-9-15(5)23(7)12-24(16(6)11-28-22(24)27)19(18(17)23)30-20(25)13(2)3/h13-15,17-19H,6,8-12H2,1-5,7H3/t14?,15-,17-,18+,19+,23+,24+/m0/s1. The molecule has 168 valence electrons. The van der Waals surface area contributed by atoms with Crippen molar-refractivity contribution >= 4 is 17.9 Å². The molecule has 1 spiro atoms. The lowest BCUT2D eigenvalue weighted by atomic mass is 9.61. The third-order valence-electron chi connectivity index (χ3n) is 8.01. The van der Waals surface area contributed by atoms with Crippen LogP contribution in [0.15, 0.2) is 12.2 Å². The van der Waals surface area contributed by atoms with E-state index in [2.05, 4.69) is 20.4 Å². The molecule has 0 amide bonds. The zero-order valence-corrected chi connectivity index (χ0v) is 19.2. The highest BCUT2D eigenvalue weighted by molar-refractivity contribution is 5.86. The van der Waals surface area contributed by atoms with Gasteiger partial charge in [0.25, 0.3) is 0 Å². The summed E-state index contributed by atoms with van der Waals surface area (Å²) in [6.07, 6.45) is 1.63. The Bertz CT molecular complexity index is 724. The van der Waals surface area contributed by atoms with E-state index in [1.165, 1.54) is 0 Å². The van der Waals surface area contributed by atoms with Gasteiger partial charge in [0.2, 0.25) is 0 Å². The highest BCUT2D eigenvalue weighted by atomic mass is 16.6. The van der Waals surface area contributed by atoms with Crippen LogP contribution in [0, 0.1) is 34.5 Å². The maximum atomic E-state index is 13.1. The Morgan fingerprint density at radius 3 is 2.40 bits per heavy atom. The number of cyclic esters (lactones) is 1.